The average Bonchev–Trinajstić information content (AvgIpc) is 2.76. The Hall–Kier alpha value is -3.57. The second-order valence-electron chi connectivity index (χ2n) is 8.52. The van der Waals surface area contributed by atoms with Crippen molar-refractivity contribution in [3.05, 3.63) is 60.7 Å². The van der Waals surface area contributed by atoms with Crippen LogP contribution in [-0.2, 0) is 10.0 Å². The Labute approximate surface area is 197 Å². The first-order chi connectivity index (χ1) is 15.9. The molecule has 11 heteroatoms. The number of halogens is 1. The number of carbonyl (C=O) groups is 1. The number of nitrogens with two attached hydrogens (primary N) is 1. The summed E-state index contributed by atoms with van der Waals surface area (Å²) in [5.41, 5.74) is 5.98. The van der Waals surface area contributed by atoms with Crippen molar-refractivity contribution in [2.24, 2.45) is 0 Å². The molecule has 0 aliphatic carbocycles. The summed E-state index contributed by atoms with van der Waals surface area (Å²) >= 11 is 0. The van der Waals surface area contributed by atoms with Gasteiger partial charge in [-0.25, -0.2) is 27.3 Å². The molecule has 0 saturated carbocycles. The molecule has 0 radical (unpaired) electrons. The Kier molecular flexibility index (Phi) is 7.18. The van der Waals surface area contributed by atoms with Crippen molar-refractivity contribution in [3.8, 4) is 22.4 Å². The highest BCUT2D eigenvalue weighted by Crippen LogP contribution is 2.31. The lowest BCUT2D eigenvalue weighted by molar-refractivity contribution is 0.102. The standard InChI is InChI=1S/C23H26FN5O4S/c1-23(2,3)29(22(30)31)11-10-28-34(32,33)20-7-5-4-6-16(20)15-8-9-17(18(24)12-15)19-13-27-21(25)14-26-19/h4-9,12-14,28H,10-11H2,1-3H3,(H2,25,27)(H,30,31). The van der Waals surface area contributed by atoms with Gasteiger partial charge in [0.25, 0.3) is 0 Å². The molecule has 0 saturated heterocycles. The number of nitrogen functional groups attached to an aromatic ring is 1. The highest BCUT2D eigenvalue weighted by Gasteiger charge is 2.27. The van der Waals surface area contributed by atoms with Gasteiger partial charge in [-0.15, -0.1) is 0 Å². The number of rotatable bonds is 7. The zero-order chi connectivity index (χ0) is 25.1. The summed E-state index contributed by atoms with van der Waals surface area (Å²) in [4.78, 5) is 20.6. The van der Waals surface area contributed by atoms with E-state index < -0.39 is 27.5 Å². The number of nitrogens with zero attached hydrogens (tertiary/aromatic N) is 3. The number of carboxylic acid groups (broad SMARTS) is 1. The van der Waals surface area contributed by atoms with E-state index in [0.717, 1.165) is 4.90 Å². The van der Waals surface area contributed by atoms with Gasteiger partial charge >= 0.3 is 6.09 Å². The first-order valence-corrected chi connectivity index (χ1v) is 11.9. The summed E-state index contributed by atoms with van der Waals surface area (Å²) in [6.07, 6.45) is 1.53. The Morgan fingerprint density at radius 2 is 1.82 bits per heavy atom. The normalized spacial score (nSPS) is 11.9. The molecule has 1 aromatic heterocycles. The van der Waals surface area contributed by atoms with E-state index in [1.165, 1.54) is 30.6 Å². The minimum atomic E-state index is -4.01. The van der Waals surface area contributed by atoms with Gasteiger partial charge in [0.15, 0.2) is 0 Å². The molecule has 0 bridgehead atoms. The third-order valence-corrected chi connectivity index (χ3v) is 6.59. The van der Waals surface area contributed by atoms with Crippen molar-refractivity contribution in [2.45, 2.75) is 31.2 Å². The molecule has 9 nitrogen and oxygen atoms in total. The topological polar surface area (TPSA) is 139 Å². The number of hydrogen-bond donors (Lipinski definition) is 3. The van der Waals surface area contributed by atoms with Gasteiger partial charge in [-0.05, 0) is 44.5 Å². The molecule has 0 atom stereocenters. The second-order valence-corrected chi connectivity index (χ2v) is 10.3. The monoisotopic (exact) mass is 487 g/mol. The van der Waals surface area contributed by atoms with Crippen molar-refractivity contribution < 1.29 is 22.7 Å². The maximum atomic E-state index is 14.9. The number of benzene rings is 2. The molecule has 0 aliphatic rings. The number of sulfonamides is 1. The lowest BCUT2D eigenvalue weighted by Gasteiger charge is -2.33. The van der Waals surface area contributed by atoms with Gasteiger partial charge in [-0.1, -0.05) is 24.3 Å². The summed E-state index contributed by atoms with van der Waals surface area (Å²) < 4.78 is 43.4. The first kappa shape index (κ1) is 25.1. The van der Waals surface area contributed by atoms with Crippen LogP contribution in [0.2, 0.25) is 0 Å². The number of amides is 1. The molecule has 34 heavy (non-hydrogen) atoms. The van der Waals surface area contributed by atoms with Crippen LogP contribution in [0.1, 0.15) is 20.8 Å². The summed E-state index contributed by atoms with van der Waals surface area (Å²) in [7, 11) is -4.01. The maximum Gasteiger partial charge on any atom is 0.407 e. The largest absolute Gasteiger partial charge is 0.465 e. The van der Waals surface area contributed by atoms with Gasteiger partial charge in [-0.2, -0.15) is 0 Å². The van der Waals surface area contributed by atoms with Crippen molar-refractivity contribution in [1.82, 2.24) is 19.6 Å². The summed E-state index contributed by atoms with van der Waals surface area (Å²) in [6, 6.07) is 10.5. The minimum Gasteiger partial charge on any atom is -0.465 e. The van der Waals surface area contributed by atoms with E-state index in [2.05, 4.69) is 14.7 Å². The third-order valence-electron chi connectivity index (χ3n) is 5.07. The molecule has 0 spiro atoms. The summed E-state index contributed by atoms with van der Waals surface area (Å²) in [5, 5.41) is 9.39. The van der Waals surface area contributed by atoms with Crippen LogP contribution in [0.15, 0.2) is 59.8 Å². The van der Waals surface area contributed by atoms with Crippen LogP contribution >= 0.6 is 0 Å². The predicted octanol–water partition coefficient (Wildman–Crippen LogP) is 3.59. The Morgan fingerprint density at radius 1 is 1.12 bits per heavy atom. The number of anilines is 1. The molecule has 3 aromatic rings. The minimum absolute atomic E-state index is 0.0355. The molecule has 2 aromatic carbocycles. The van der Waals surface area contributed by atoms with E-state index in [-0.39, 0.29) is 29.4 Å². The lowest BCUT2D eigenvalue weighted by Crippen LogP contribution is -2.48. The van der Waals surface area contributed by atoms with Crippen LogP contribution in [0.4, 0.5) is 15.0 Å². The number of aromatic nitrogens is 2. The van der Waals surface area contributed by atoms with Gasteiger partial charge in [0, 0.05) is 29.8 Å². The number of hydrogen-bond acceptors (Lipinski definition) is 6. The Morgan fingerprint density at radius 3 is 2.41 bits per heavy atom. The van der Waals surface area contributed by atoms with E-state index >= 15 is 0 Å². The van der Waals surface area contributed by atoms with Crippen LogP contribution in [0, 0.1) is 5.82 Å². The van der Waals surface area contributed by atoms with E-state index in [4.69, 9.17) is 5.73 Å². The fourth-order valence-electron chi connectivity index (χ4n) is 3.39. The molecule has 0 unspecified atom stereocenters. The van der Waals surface area contributed by atoms with Crippen LogP contribution in [-0.4, -0.2) is 53.1 Å². The van der Waals surface area contributed by atoms with Gasteiger partial charge in [0.1, 0.15) is 11.6 Å². The molecule has 1 amide bonds. The van der Waals surface area contributed by atoms with E-state index in [9.17, 15) is 22.7 Å². The van der Waals surface area contributed by atoms with Gasteiger partial charge in [0.05, 0.1) is 23.0 Å². The smallest absolute Gasteiger partial charge is 0.407 e. The van der Waals surface area contributed by atoms with Crippen LogP contribution < -0.4 is 10.5 Å². The molecular weight excluding hydrogens is 461 g/mol. The molecule has 3 rings (SSSR count). The molecule has 4 N–H and O–H groups in total. The Balaban J connectivity index is 1.87. The SMILES string of the molecule is CC(C)(C)N(CCNS(=O)(=O)c1ccccc1-c1ccc(-c2cnc(N)cn2)c(F)c1)C(=O)O. The molecule has 1 heterocycles. The Bertz CT molecular complexity index is 1290. The highest BCUT2D eigenvalue weighted by atomic mass is 32.2. The van der Waals surface area contributed by atoms with Gasteiger partial charge in [-0.3, -0.25) is 4.98 Å². The zero-order valence-corrected chi connectivity index (χ0v) is 19.8. The van der Waals surface area contributed by atoms with Crippen molar-refractivity contribution >= 4 is 21.9 Å². The fraction of sp³-hybridized carbons (Fsp3) is 0.261. The third kappa shape index (κ3) is 5.67. The zero-order valence-electron chi connectivity index (χ0n) is 19.0. The van der Waals surface area contributed by atoms with Crippen molar-refractivity contribution in [3.63, 3.8) is 0 Å². The second kappa shape index (κ2) is 9.74. The molecule has 180 valence electrons. The fourth-order valence-corrected chi connectivity index (χ4v) is 4.64. The van der Waals surface area contributed by atoms with Crippen LogP contribution in [0.25, 0.3) is 22.4 Å². The molecule has 0 fully saturated rings. The maximum absolute atomic E-state index is 14.9. The van der Waals surface area contributed by atoms with E-state index in [0.29, 0.717) is 16.8 Å². The van der Waals surface area contributed by atoms with E-state index in [1.807, 2.05) is 0 Å². The summed E-state index contributed by atoms with van der Waals surface area (Å²) in [6.45, 7) is 5.01. The molecular formula is C23H26FN5O4S. The van der Waals surface area contributed by atoms with Crippen LogP contribution in [0.5, 0.6) is 0 Å². The van der Waals surface area contributed by atoms with Crippen molar-refractivity contribution in [1.29, 1.82) is 0 Å². The van der Waals surface area contributed by atoms with Gasteiger partial charge in [0.2, 0.25) is 10.0 Å². The first-order valence-electron chi connectivity index (χ1n) is 10.4. The highest BCUT2D eigenvalue weighted by molar-refractivity contribution is 7.89. The average molecular weight is 488 g/mol. The van der Waals surface area contributed by atoms with Gasteiger partial charge < -0.3 is 15.7 Å². The van der Waals surface area contributed by atoms with Crippen molar-refractivity contribution in [2.75, 3.05) is 18.8 Å². The quantitative estimate of drug-likeness (QED) is 0.463. The summed E-state index contributed by atoms with van der Waals surface area (Å²) in [5.74, 6) is -0.389. The molecule has 0 aliphatic heterocycles. The van der Waals surface area contributed by atoms with E-state index in [1.54, 1.807) is 45.0 Å². The predicted molar refractivity (Wildman–Crippen MR) is 127 cm³/mol. The van der Waals surface area contributed by atoms with Crippen LogP contribution in [0.3, 0.4) is 0 Å². The number of nitrogens with one attached hydrogen (secondary N) is 1. The lowest BCUT2D eigenvalue weighted by atomic mass is 10.0.